The fourth-order valence-corrected chi connectivity index (χ4v) is 1.64. The maximum atomic E-state index is 13.9. The molecule has 0 saturated heterocycles. The van der Waals surface area contributed by atoms with Gasteiger partial charge in [0.05, 0.1) is 11.6 Å². The van der Waals surface area contributed by atoms with Gasteiger partial charge in [-0.2, -0.15) is 0 Å². The molecule has 3 heteroatoms. The van der Waals surface area contributed by atoms with Crippen molar-refractivity contribution in [2.24, 2.45) is 0 Å². The van der Waals surface area contributed by atoms with Gasteiger partial charge in [0, 0.05) is 6.04 Å². The Balaban J connectivity index is 0.000000741. The minimum Gasteiger partial charge on any atom is -0.464 e. The summed E-state index contributed by atoms with van der Waals surface area (Å²) in [5.74, 6) is -0.164. The lowest BCUT2D eigenvalue weighted by atomic mass is 10.0. The van der Waals surface area contributed by atoms with Crippen LogP contribution in [0.15, 0.2) is 28.9 Å². The van der Waals surface area contributed by atoms with Gasteiger partial charge in [0.25, 0.3) is 0 Å². The summed E-state index contributed by atoms with van der Waals surface area (Å²) in [5, 5.41) is 3.66. The summed E-state index contributed by atoms with van der Waals surface area (Å²) in [6.07, 6.45) is 2.20. The first-order chi connectivity index (χ1) is 9.22. The zero-order chi connectivity index (χ0) is 14.8. The molecule has 1 unspecified atom stereocenters. The molecule has 0 aliphatic heterocycles. The molecule has 1 heterocycles. The quantitative estimate of drug-likeness (QED) is 0.866. The second kappa shape index (κ2) is 9.56. The van der Waals surface area contributed by atoms with Crippen molar-refractivity contribution in [3.8, 4) is 0 Å². The summed E-state index contributed by atoms with van der Waals surface area (Å²) in [6.45, 7) is 10.0. The van der Waals surface area contributed by atoms with Gasteiger partial charge in [0.1, 0.15) is 11.4 Å². The highest BCUT2D eigenvalue weighted by atomic mass is 19.1. The number of fused-ring (bicyclic) bond motifs is 1. The summed E-state index contributed by atoms with van der Waals surface area (Å²) in [7, 11) is 1.87. The van der Waals surface area contributed by atoms with Crippen LogP contribution in [0.1, 0.15) is 40.2 Å². The monoisotopic (exact) mass is 267 g/mol. The topological polar surface area (TPSA) is 25.2 Å². The van der Waals surface area contributed by atoms with E-state index in [0.717, 1.165) is 5.56 Å². The molecule has 1 aromatic heterocycles. The molecule has 0 bridgehead atoms. The second-order valence-electron chi connectivity index (χ2n) is 3.76. The summed E-state index contributed by atoms with van der Waals surface area (Å²) in [5.41, 5.74) is 1.33. The lowest BCUT2D eigenvalue weighted by Crippen LogP contribution is -2.23. The van der Waals surface area contributed by atoms with E-state index >= 15 is 0 Å². The standard InChI is InChI=1S/C12H14FNO.2C2H6/c1-8(14-2)7-9-3-4-11-10(12(9)13)5-6-15-11;2*1-2/h3-6,8,14H,7H2,1-2H3;2*1-2H3. The Labute approximate surface area is 116 Å². The number of halogens is 1. The first-order valence-corrected chi connectivity index (χ1v) is 7.04. The molecule has 0 fully saturated rings. The molecule has 2 aromatic rings. The number of hydrogen-bond acceptors (Lipinski definition) is 2. The third kappa shape index (κ3) is 4.67. The molecule has 0 radical (unpaired) electrons. The molecule has 0 saturated carbocycles. The maximum absolute atomic E-state index is 13.9. The number of benzene rings is 1. The Morgan fingerprint density at radius 3 is 2.37 bits per heavy atom. The van der Waals surface area contributed by atoms with Gasteiger partial charge in [-0.25, -0.2) is 4.39 Å². The van der Waals surface area contributed by atoms with Crippen LogP contribution >= 0.6 is 0 Å². The van der Waals surface area contributed by atoms with Gasteiger partial charge >= 0.3 is 0 Å². The molecule has 0 amide bonds. The molecule has 2 nitrogen and oxygen atoms in total. The van der Waals surface area contributed by atoms with Gasteiger partial charge in [0.2, 0.25) is 0 Å². The number of hydrogen-bond donors (Lipinski definition) is 1. The molecule has 1 atom stereocenters. The molecule has 108 valence electrons. The zero-order valence-corrected chi connectivity index (χ0v) is 12.9. The van der Waals surface area contributed by atoms with E-state index in [1.54, 1.807) is 12.1 Å². The summed E-state index contributed by atoms with van der Waals surface area (Å²) in [6, 6.07) is 5.53. The van der Waals surface area contributed by atoms with E-state index in [9.17, 15) is 4.39 Å². The molecule has 0 aliphatic rings. The van der Waals surface area contributed by atoms with Gasteiger partial charge in [-0.3, -0.25) is 0 Å². The average molecular weight is 267 g/mol. The van der Waals surface area contributed by atoms with Crippen molar-refractivity contribution in [2.75, 3.05) is 7.05 Å². The average Bonchev–Trinajstić information content (AvgIpc) is 2.95. The van der Waals surface area contributed by atoms with Gasteiger partial charge in [-0.1, -0.05) is 33.8 Å². The Bertz CT molecular complexity index is 465. The highest BCUT2D eigenvalue weighted by Gasteiger charge is 2.11. The highest BCUT2D eigenvalue weighted by molar-refractivity contribution is 5.78. The van der Waals surface area contributed by atoms with Gasteiger partial charge in [-0.15, -0.1) is 0 Å². The fourth-order valence-electron chi connectivity index (χ4n) is 1.64. The predicted molar refractivity (Wildman–Crippen MR) is 81.1 cm³/mol. The first-order valence-electron chi connectivity index (χ1n) is 7.04. The van der Waals surface area contributed by atoms with Gasteiger partial charge in [-0.05, 0) is 38.1 Å². The SMILES string of the molecule is CC.CC.CNC(C)Cc1ccc2occc2c1F. The number of nitrogens with one attached hydrogen (secondary N) is 1. The van der Waals surface area contributed by atoms with Crippen LogP contribution in [0.5, 0.6) is 0 Å². The van der Waals surface area contributed by atoms with Crippen LogP contribution in [0.3, 0.4) is 0 Å². The smallest absolute Gasteiger partial charge is 0.137 e. The molecule has 19 heavy (non-hydrogen) atoms. The molecule has 2 rings (SSSR count). The van der Waals surface area contributed by atoms with Crippen LogP contribution < -0.4 is 5.32 Å². The normalized spacial score (nSPS) is 11.1. The molecular weight excluding hydrogens is 241 g/mol. The molecule has 1 aromatic carbocycles. The Hall–Kier alpha value is -1.35. The van der Waals surface area contributed by atoms with Crippen LogP contribution in [0.4, 0.5) is 4.39 Å². The van der Waals surface area contributed by atoms with Crippen LogP contribution in [-0.4, -0.2) is 13.1 Å². The lowest BCUT2D eigenvalue weighted by Gasteiger charge is -2.10. The van der Waals surface area contributed by atoms with E-state index in [2.05, 4.69) is 5.32 Å². The van der Waals surface area contributed by atoms with Crippen LogP contribution in [0.25, 0.3) is 11.0 Å². The second-order valence-corrected chi connectivity index (χ2v) is 3.76. The van der Waals surface area contributed by atoms with E-state index < -0.39 is 0 Å². The number of likely N-dealkylation sites (N-methyl/N-ethyl adjacent to an activating group) is 1. The Morgan fingerprint density at radius 1 is 1.16 bits per heavy atom. The third-order valence-corrected chi connectivity index (χ3v) is 2.67. The van der Waals surface area contributed by atoms with Crippen molar-refractivity contribution in [3.05, 3.63) is 35.8 Å². The molecular formula is C16H26FNO. The third-order valence-electron chi connectivity index (χ3n) is 2.67. The summed E-state index contributed by atoms with van der Waals surface area (Å²) < 4.78 is 19.0. The van der Waals surface area contributed by atoms with Crippen LogP contribution in [0.2, 0.25) is 0 Å². The number of rotatable bonds is 3. The highest BCUT2D eigenvalue weighted by Crippen LogP contribution is 2.22. The molecule has 0 spiro atoms. The van der Waals surface area contributed by atoms with Crippen molar-refractivity contribution >= 4 is 11.0 Å². The van der Waals surface area contributed by atoms with Gasteiger partial charge in [0.15, 0.2) is 0 Å². The van der Waals surface area contributed by atoms with E-state index in [0.29, 0.717) is 17.4 Å². The summed E-state index contributed by atoms with van der Waals surface area (Å²) >= 11 is 0. The van der Waals surface area contributed by atoms with Gasteiger partial charge < -0.3 is 9.73 Å². The Kier molecular flexibility index (Phi) is 8.88. The fraction of sp³-hybridized carbons (Fsp3) is 0.500. The van der Waals surface area contributed by atoms with E-state index in [4.69, 9.17) is 4.42 Å². The zero-order valence-electron chi connectivity index (χ0n) is 12.9. The van der Waals surface area contributed by atoms with E-state index in [-0.39, 0.29) is 11.9 Å². The maximum Gasteiger partial charge on any atom is 0.137 e. The first kappa shape index (κ1) is 17.6. The van der Waals surface area contributed by atoms with Crippen molar-refractivity contribution in [2.45, 2.75) is 47.1 Å². The number of furan rings is 1. The minimum atomic E-state index is -0.164. The minimum absolute atomic E-state index is 0.164. The molecule has 0 aliphatic carbocycles. The van der Waals surface area contributed by atoms with Crippen LogP contribution in [-0.2, 0) is 6.42 Å². The van der Waals surface area contributed by atoms with Crippen molar-refractivity contribution in [1.82, 2.24) is 5.32 Å². The largest absolute Gasteiger partial charge is 0.464 e. The summed E-state index contributed by atoms with van der Waals surface area (Å²) in [4.78, 5) is 0. The molecule has 1 N–H and O–H groups in total. The van der Waals surface area contributed by atoms with E-state index in [1.807, 2.05) is 47.7 Å². The predicted octanol–water partition coefficient (Wildman–Crippen LogP) is 4.77. The Morgan fingerprint density at radius 2 is 1.79 bits per heavy atom. The van der Waals surface area contributed by atoms with Crippen molar-refractivity contribution in [1.29, 1.82) is 0 Å². The van der Waals surface area contributed by atoms with Crippen molar-refractivity contribution in [3.63, 3.8) is 0 Å². The van der Waals surface area contributed by atoms with Crippen LogP contribution in [0, 0.1) is 5.82 Å². The van der Waals surface area contributed by atoms with Crippen molar-refractivity contribution < 1.29 is 8.81 Å². The van der Waals surface area contributed by atoms with E-state index in [1.165, 1.54) is 6.26 Å². The lowest BCUT2D eigenvalue weighted by molar-refractivity contribution is 0.568.